The molecule has 3 nitrogen and oxygen atoms in total. The predicted octanol–water partition coefficient (Wildman–Crippen LogP) is 4.95. The van der Waals surface area contributed by atoms with Gasteiger partial charge in [-0.15, -0.1) is 0 Å². The van der Waals surface area contributed by atoms with Gasteiger partial charge >= 0.3 is 0 Å². The number of allylic oxidation sites excluding steroid dienone is 2. The number of rotatable bonds is 1. The van der Waals surface area contributed by atoms with Crippen molar-refractivity contribution >= 4 is 11.4 Å². The Bertz CT molecular complexity index is 1120. The van der Waals surface area contributed by atoms with Crippen molar-refractivity contribution < 1.29 is 9.53 Å². The summed E-state index contributed by atoms with van der Waals surface area (Å²) < 4.78 is 6.78. The molecule has 0 amide bonds. The van der Waals surface area contributed by atoms with Gasteiger partial charge in [-0.2, -0.15) is 5.26 Å². The Morgan fingerprint density at radius 2 is 1.90 bits per heavy atom. The molecule has 2 unspecified atom stereocenters. The van der Waals surface area contributed by atoms with Crippen molar-refractivity contribution in [3.05, 3.63) is 88.5 Å². The van der Waals surface area contributed by atoms with Crippen molar-refractivity contribution in [2.24, 2.45) is 0 Å². The van der Waals surface area contributed by atoms with E-state index < -0.39 is 11.2 Å². The molecule has 0 aromatic heterocycles. The number of benzene rings is 2. The highest BCUT2D eigenvalue weighted by molar-refractivity contribution is 6.02. The Morgan fingerprint density at radius 3 is 2.72 bits per heavy atom. The summed E-state index contributed by atoms with van der Waals surface area (Å²) in [7, 11) is 0. The van der Waals surface area contributed by atoms with Crippen LogP contribution in [0.1, 0.15) is 48.4 Å². The van der Waals surface area contributed by atoms with Crippen LogP contribution >= 0.6 is 0 Å². The van der Waals surface area contributed by atoms with E-state index in [1.54, 1.807) is 6.07 Å². The minimum absolute atomic E-state index is 0.195. The maximum Gasteiger partial charge on any atom is 0.164 e. The Hall–Kier alpha value is -2.96. The van der Waals surface area contributed by atoms with Crippen LogP contribution in [0.15, 0.2) is 66.3 Å². The van der Waals surface area contributed by atoms with Gasteiger partial charge in [0, 0.05) is 18.4 Å². The van der Waals surface area contributed by atoms with Crippen LogP contribution in [-0.4, -0.2) is 17.0 Å². The van der Waals surface area contributed by atoms with E-state index in [1.807, 2.05) is 24.3 Å². The largest absolute Gasteiger partial charge is 0.363 e. The molecule has 0 bridgehead atoms. The van der Waals surface area contributed by atoms with Crippen molar-refractivity contribution in [1.82, 2.24) is 0 Å². The lowest BCUT2D eigenvalue weighted by Gasteiger charge is -2.50. The molecule has 1 spiro atoms. The number of ether oxygens (including phenoxy) is 1. The van der Waals surface area contributed by atoms with Gasteiger partial charge in [0.2, 0.25) is 0 Å². The van der Waals surface area contributed by atoms with Gasteiger partial charge in [0.1, 0.15) is 0 Å². The van der Waals surface area contributed by atoms with Crippen molar-refractivity contribution in [3.8, 4) is 6.07 Å². The smallest absolute Gasteiger partial charge is 0.164 e. The quantitative estimate of drug-likeness (QED) is 0.702. The number of Topliss-reactive ketones (excluding diaryl/α,β-unsaturated/α-hetero) is 1. The average Bonchev–Trinajstić information content (AvgIpc) is 2.73. The molecule has 1 aliphatic heterocycles. The Morgan fingerprint density at radius 1 is 1.07 bits per heavy atom. The Balaban J connectivity index is 1.46. The molecule has 0 saturated carbocycles. The van der Waals surface area contributed by atoms with E-state index in [9.17, 15) is 10.1 Å². The Kier molecular flexibility index (Phi) is 4.08. The van der Waals surface area contributed by atoms with Crippen LogP contribution in [0.3, 0.4) is 0 Å². The molecule has 5 rings (SSSR count). The summed E-state index contributed by atoms with van der Waals surface area (Å²) in [5.41, 5.74) is 5.06. The summed E-state index contributed by atoms with van der Waals surface area (Å²) in [6.45, 7) is 2.05. The number of hydrogen-bond acceptors (Lipinski definition) is 3. The molecule has 3 aliphatic rings. The van der Waals surface area contributed by atoms with Gasteiger partial charge < -0.3 is 4.74 Å². The van der Waals surface area contributed by atoms with Crippen LogP contribution in [0.5, 0.6) is 0 Å². The van der Waals surface area contributed by atoms with Crippen LogP contribution < -0.4 is 0 Å². The summed E-state index contributed by atoms with van der Waals surface area (Å²) in [5.74, 6) is 0.195. The summed E-state index contributed by atoms with van der Waals surface area (Å²) in [6, 6.07) is 18.2. The Labute approximate surface area is 171 Å². The number of hydrogen-bond donors (Lipinski definition) is 0. The molecule has 144 valence electrons. The zero-order valence-corrected chi connectivity index (χ0v) is 16.6. The molecular weight excluding hydrogens is 358 g/mol. The normalized spacial score (nSPS) is 28.1. The van der Waals surface area contributed by atoms with Crippen LogP contribution in [-0.2, 0) is 22.4 Å². The number of aryl methyl sites for hydroxylation is 1. The summed E-state index contributed by atoms with van der Waals surface area (Å²) >= 11 is 0. The zero-order chi connectivity index (χ0) is 20.1. The van der Waals surface area contributed by atoms with Crippen molar-refractivity contribution in [2.45, 2.75) is 50.2 Å². The molecule has 2 aromatic carbocycles. The number of ketones is 1. The zero-order valence-electron chi connectivity index (χ0n) is 16.6. The lowest BCUT2D eigenvalue weighted by Crippen LogP contribution is -2.55. The number of nitriles is 1. The molecule has 1 heterocycles. The molecule has 0 N–H and O–H groups in total. The first-order valence-electron chi connectivity index (χ1n) is 10.2. The molecule has 3 heteroatoms. The molecular formula is C26H23NO2. The van der Waals surface area contributed by atoms with Gasteiger partial charge in [0.15, 0.2) is 5.78 Å². The number of fused-ring (bicyclic) bond motifs is 2. The van der Waals surface area contributed by atoms with Gasteiger partial charge in [-0.1, -0.05) is 42.5 Å². The maximum atomic E-state index is 13.3. The van der Waals surface area contributed by atoms with E-state index in [1.165, 1.54) is 11.1 Å². The van der Waals surface area contributed by atoms with Gasteiger partial charge in [0.25, 0.3) is 0 Å². The topological polar surface area (TPSA) is 50.1 Å². The highest BCUT2D eigenvalue weighted by Crippen LogP contribution is 2.48. The third-order valence-corrected chi connectivity index (χ3v) is 6.61. The molecule has 2 atom stereocenters. The molecule has 1 saturated heterocycles. The second-order valence-corrected chi connectivity index (χ2v) is 8.68. The monoisotopic (exact) mass is 381 g/mol. The maximum absolute atomic E-state index is 13.3. The lowest BCUT2D eigenvalue weighted by molar-refractivity contribution is -0.169. The van der Waals surface area contributed by atoms with Crippen molar-refractivity contribution in [2.75, 3.05) is 0 Å². The minimum atomic E-state index is -0.585. The second kappa shape index (κ2) is 6.54. The standard InChI is InChI=1S/C26H23NO2/c1-25-11-9-21(20-8-4-5-18(13-20)17-27)14-23(25)24(28)16-26(29-25)12-10-19-6-2-3-7-22(19)15-26/h2-9,13-14H,10-12,15-16H2,1H3. The third kappa shape index (κ3) is 3.05. The van der Waals surface area contributed by atoms with Gasteiger partial charge in [0.05, 0.1) is 22.8 Å². The SMILES string of the molecule is CC12CC=C(c3cccc(C#N)c3)C=C1C(=O)CC1(CCc3ccccc3C1)O2. The van der Waals surface area contributed by atoms with Crippen molar-refractivity contribution in [1.29, 1.82) is 5.26 Å². The fourth-order valence-corrected chi connectivity index (χ4v) is 5.13. The molecule has 2 aromatic rings. The summed E-state index contributed by atoms with van der Waals surface area (Å²) in [4.78, 5) is 13.3. The van der Waals surface area contributed by atoms with E-state index in [0.717, 1.165) is 36.0 Å². The third-order valence-electron chi connectivity index (χ3n) is 6.61. The summed E-state index contributed by atoms with van der Waals surface area (Å²) in [5, 5.41) is 9.18. The van der Waals surface area contributed by atoms with Crippen LogP contribution in [0.4, 0.5) is 0 Å². The highest BCUT2D eigenvalue weighted by atomic mass is 16.5. The molecule has 0 radical (unpaired) electrons. The fourth-order valence-electron chi connectivity index (χ4n) is 5.13. The lowest BCUT2D eigenvalue weighted by atomic mass is 9.70. The molecule has 29 heavy (non-hydrogen) atoms. The van der Waals surface area contributed by atoms with Gasteiger partial charge in [-0.25, -0.2) is 0 Å². The molecule has 2 aliphatic carbocycles. The van der Waals surface area contributed by atoms with E-state index in [0.29, 0.717) is 18.4 Å². The van der Waals surface area contributed by atoms with E-state index in [-0.39, 0.29) is 5.78 Å². The number of nitrogens with zero attached hydrogens (tertiary/aromatic N) is 1. The van der Waals surface area contributed by atoms with Crippen molar-refractivity contribution in [3.63, 3.8) is 0 Å². The number of carbonyl (C=O) groups is 1. The predicted molar refractivity (Wildman–Crippen MR) is 112 cm³/mol. The van der Waals surface area contributed by atoms with Gasteiger partial charge in [-0.3, -0.25) is 4.79 Å². The van der Waals surface area contributed by atoms with Crippen LogP contribution in [0.25, 0.3) is 5.57 Å². The fraction of sp³-hybridized carbons (Fsp3) is 0.308. The first-order chi connectivity index (χ1) is 14.0. The van der Waals surface area contributed by atoms with Crippen LogP contribution in [0.2, 0.25) is 0 Å². The minimum Gasteiger partial charge on any atom is -0.363 e. The summed E-state index contributed by atoms with van der Waals surface area (Å²) in [6.07, 6.45) is 7.88. The second-order valence-electron chi connectivity index (χ2n) is 8.68. The number of carbonyl (C=O) groups excluding carboxylic acids is 1. The first-order valence-corrected chi connectivity index (χ1v) is 10.2. The average molecular weight is 381 g/mol. The van der Waals surface area contributed by atoms with E-state index in [2.05, 4.69) is 43.3 Å². The molecule has 1 fully saturated rings. The highest BCUT2D eigenvalue weighted by Gasteiger charge is 2.51. The van der Waals surface area contributed by atoms with E-state index >= 15 is 0 Å². The van der Waals surface area contributed by atoms with Gasteiger partial charge in [-0.05, 0) is 66.7 Å². The van der Waals surface area contributed by atoms with E-state index in [4.69, 9.17) is 4.74 Å². The first kappa shape index (κ1) is 18.1. The van der Waals surface area contributed by atoms with Crippen LogP contribution in [0, 0.1) is 11.3 Å².